The fraction of sp³-hybridized carbons (Fsp3) is 0. The number of hydrogen-bond acceptors (Lipinski definition) is 3. The second kappa shape index (κ2) is 15.5. The number of rotatable bonds is 4. The minimum Gasteiger partial charge on any atom is -0.456 e. The minimum atomic E-state index is 0.900. The molecule has 0 bridgehead atoms. The molecule has 0 amide bonds. The molecule has 17 aromatic rings. The molecule has 0 radical (unpaired) electrons. The molecule has 14 aromatic carbocycles. The van der Waals surface area contributed by atoms with E-state index in [4.69, 9.17) is 8.83 Å². The van der Waals surface area contributed by atoms with Crippen molar-refractivity contribution in [3.63, 3.8) is 0 Å². The number of hydrogen-bond donors (Lipinski definition) is 0. The fourth-order valence-electron chi connectivity index (χ4n) is 12.9. The first kappa shape index (κ1) is 41.0. The molecule has 3 aromatic heterocycles. The van der Waals surface area contributed by atoms with E-state index in [1.54, 1.807) is 0 Å². The Morgan fingerprint density at radius 2 is 0.587 bits per heavy atom. The van der Waals surface area contributed by atoms with Crippen LogP contribution in [0.3, 0.4) is 0 Å². The van der Waals surface area contributed by atoms with E-state index in [0.29, 0.717) is 0 Å². The summed E-state index contributed by atoms with van der Waals surface area (Å²) in [6.45, 7) is 0. The molecule has 3 heteroatoms. The summed E-state index contributed by atoms with van der Waals surface area (Å²) in [7, 11) is 0. The summed E-state index contributed by atoms with van der Waals surface area (Å²) < 4.78 is 15.6. The van der Waals surface area contributed by atoms with E-state index in [2.05, 4.69) is 243 Å². The van der Waals surface area contributed by atoms with E-state index in [-0.39, 0.29) is 0 Å². The van der Waals surface area contributed by atoms with Gasteiger partial charge in [-0.05, 0) is 176 Å². The topological polar surface area (TPSA) is 26.3 Å². The number of fused-ring (bicyclic) bond motifs is 15. The second-order valence-electron chi connectivity index (χ2n) is 20.2. The molecule has 2 nitrogen and oxygen atoms in total. The van der Waals surface area contributed by atoms with E-state index in [1.807, 2.05) is 11.3 Å². The van der Waals surface area contributed by atoms with Gasteiger partial charge >= 0.3 is 0 Å². The molecule has 0 atom stereocenters. The van der Waals surface area contributed by atoms with Gasteiger partial charge in [0.25, 0.3) is 0 Å². The van der Waals surface area contributed by atoms with Crippen LogP contribution in [0.25, 0.3) is 173 Å². The Kier molecular flexibility index (Phi) is 8.46. The zero-order valence-electron chi connectivity index (χ0n) is 40.3. The highest BCUT2D eigenvalue weighted by Gasteiger charge is 2.23. The molecule has 3 heterocycles. The zero-order valence-corrected chi connectivity index (χ0v) is 41.1. The summed E-state index contributed by atoms with van der Waals surface area (Å²) in [4.78, 5) is 0. The van der Waals surface area contributed by atoms with Gasteiger partial charge in [0.05, 0.1) is 0 Å². The van der Waals surface area contributed by atoms with Crippen LogP contribution in [-0.4, -0.2) is 0 Å². The van der Waals surface area contributed by atoms with Crippen molar-refractivity contribution < 1.29 is 8.83 Å². The first-order chi connectivity index (χ1) is 37.2. The summed E-state index contributed by atoms with van der Waals surface area (Å²) >= 11 is 1.88. The molecule has 17 rings (SSSR count). The quantitative estimate of drug-likeness (QED) is 0.164. The molecule has 0 aliphatic rings. The van der Waals surface area contributed by atoms with Crippen molar-refractivity contribution in [1.29, 1.82) is 0 Å². The highest BCUT2D eigenvalue weighted by molar-refractivity contribution is 7.26. The monoisotopic (exact) mass is 968 g/mol. The lowest BCUT2D eigenvalue weighted by Gasteiger charge is -2.19. The lowest BCUT2D eigenvalue weighted by molar-refractivity contribution is 0.669. The van der Waals surface area contributed by atoms with Gasteiger partial charge in [-0.1, -0.05) is 176 Å². The Labute approximate surface area is 433 Å². The average molecular weight is 969 g/mol. The maximum atomic E-state index is 6.50. The van der Waals surface area contributed by atoms with Crippen molar-refractivity contribution in [2.45, 2.75) is 0 Å². The van der Waals surface area contributed by atoms with Gasteiger partial charge in [-0.25, -0.2) is 0 Å². The van der Waals surface area contributed by atoms with E-state index >= 15 is 0 Å². The highest BCUT2D eigenvalue weighted by atomic mass is 32.1. The van der Waals surface area contributed by atoms with Crippen molar-refractivity contribution in [2.24, 2.45) is 0 Å². The standard InChI is InChI=1S/C72H40O2S/c1-3-16-43-39-64-59(34-41(43)14-1)57-36-45(28-31-62(57)73-64)68-48-18-5-7-20-50(48)70(51-21-8-6-19-49(51)68)47-30-33-66-61(38-47)72-56(26-13-27-67(72)75-66)71-54-24-11-9-22-52(54)69(53-23-10-12-25-55(53)71)46-29-32-63-58(37-46)60-35-42-15-2-4-17-44(42)40-65(60)74-63/h1-40H. The van der Waals surface area contributed by atoms with Crippen LogP contribution < -0.4 is 0 Å². The summed E-state index contributed by atoms with van der Waals surface area (Å²) in [5.74, 6) is 0. The van der Waals surface area contributed by atoms with Crippen LogP contribution in [0.4, 0.5) is 0 Å². The van der Waals surface area contributed by atoms with Gasteiger partial charge in [-0.3, -0.25) is 0 Å². The molecular weight excluding hydrogens is 929 g/mol. The summed E-state index contributed by atoms with van der Waals surface area (Å²) in [6.07, 6.45) is 0. The van der Waals surface area contributed by atoms with E-state index in [0.717, 1.165) is 43.9 Å². The van der Waals surface area contributed by atoms with Crippen LogP contribution in [0.15, 0.2) is 251 Å². The van der Waals surface area contributed by atoms with Gasteiger partial charge in [0.2, 0.25) is 0 Å². The van der Waals surface area contributed by atoms with Gasteiger partial charge in [-0.2, -0.15) is 0 Å². The normalized spacial score (nSPS) is 12.3. The third kappa shape index (κ3) is 5.96. The fourth-order valence-corrected chi connectivity index (χ4v) is 14.0. The lowest BCUT2D eigenvalue weighted by atomic mass is 9.84. The number of furan rings is 2. The minimum absolute atomic E-state index is 0.900. The third-order valence-electron chi connectivity index (χ3n) is 16.2. The molecule has 75 heavy (non-hydrogen) atoms. The van der Waals surface area contributed by atoms with Gasteiger partial charge in [-0.15, -0.1) is 11.3 Å². The van der Waals surface area contributed by atoms with Crippen LogP contribution in [0.1, 0.15) is 0 Å². The predicted molar refractivity (Wildman–Crippen MR) is 321 cm³/mol. The molecule has 0 spiro atoms. The molecule has 0 aliphatic heterocycles. The number of benzene rings is 14. The maximum absolute atomic E-state index is 6.50. The van der Waals surface area contributed by atoms with Crippen LogP contribution in [-0.2, 0) is 0 Å². The van der Waals surface area contributed by atoms with Gasteiger partial charge < -0.3 is 8.83 Å². The molecular formula is C72H40O2S. The van der Waals surface area contributed by atoms with Gasteiger partial charge in [0.1, 0.15) is 22.3 Å². The Morgan fingerprint density at radius 3 is 1.03 bits per heavy atom. The SMILES string of the molecule is c1ccc2cc3c(cc2c1)oc1ccc(-c2c4ccccc4c(-c4ccc5sc6cccc(-c7c8ccccc8c(-c8ccc9oc%10cc%11ccccc%11cc%10c9c8)c8ccccc78)c6c5c4)c4ccccc24)cc13. The van der Waals surface area contributed by atoms with Gasteiger partial charge in [0, 0.05) is 41.7 Å². The molecule has 0 N–H and O–H groups in total. The largest absolute Gasteiger partial charge is 0.456 e. The van der Waals surface area contributed by atoms with Crippen molar-refractivity contribution >= 4 is 140 Å². The number of thiophene rings is 1. The predicted octanol–water partition coefficient (Wildman–Crippen LogP) is 21.4. The Bertz CT molecular complexity index is 5200. The van der Waals surface area contributed by atoms with Crippen molar-refractivity contribution in [2.75, 3.05) is 0 Å². The van der Waals surface area contributed by atoms with Crippen molar-refractivity contribution in [3.05, 3.63) is 243 Å². The van der Waals surface area contributed by atoms with E-state index < -0.39 is 0 Å². The summed E-state index contributed by atoms with van der Waals surface area (Å²) in [6, 6.07) is 89.6. The van der Waals surface area contributed by atoms with Crippen LogP contribution in [0.2, 0.25) is 0 Å². The zero-order chi connectivity index (χ0) is 48.9. The van der Waals surface area contributed by atoms with Crippen molar-refractivity contribution in [3.8, 4) is 44.5 Å². The van der Waals surface area contributed by atoms with Crippen LogP contribution in [0.5, 0.6) is 0 Å². The van der Waals surface area contributed by atoms with Crippen LogP contribution >= 0.6 is 11.3 Å². The molecule has 0 aliphatic carbocycles. The third-order valence-corrected chi connectivity index (χ3v) is 17.3. The van der Waals surface area contributed by atoms with Gasteiger partial charge in [0.15, 0.2) is 0 Å². The molecule has 0 fully saturated rings. The molecule has 0 unspecified atom stereocenters. The van der Waals surface area contributed by atoms with E-state index in [9.17, 15) is 0 Å². The highest BCUT2D eigenvalue weighted by Crippen LogP contribution is 2.51. The average Bonchev–Trinajstić information content (AvgIpc) is 4.16. The Hall–Kier alpha value is -9.54. The maximum Gasteiger partial charge on any atom is 0.136 e. The van der Waals surface area contributed by atoms with Crippen LogP contribution in [0, 0.1) is 0 Å². The summed E-state index contributed by atoms with van der Waals surface area (Å²) in [5, 5.41) is 21.7. The lowest BCUT2D eigenvalue weighted by Crippen LogP contribution is -1.91. The Balaban J connectivity index is 0.871. The second-order valence-corrected chi connectivity index (χ2v) is 21.3. The smallest absolute Gasteiger partial charge is 0.136 e. The molecule has 0 saturated heterocycles. The first-order valence-corrected chi connectivity index (χ1v) is 26.5. The molecule has 0 saturated carbocycles. The summed E-state index contributed by atoms with van der Waals surface area (Å²) in [5.41, 5.74) is 13.4. The van der Waals surface area contributed by atoms with Crippen molar-refractivity contribution in [1.82, 2.24) is 0 Å². The Morgan fingerprint density at radius 1 is 0.227 bits per heavy atom. The van der Waals surface area contributed by atoms with E-state index in [1.165, 1.54) is 129 Å². The first-order valence-electron chi connectivity index (χ1n) is 25.7. The molecule has 346 valence electrons.